The second kappa shape index (κ2) is 4.69. The summed E-state index contributed by atoms with van der Waals surface area (Å²) in [6.45, 7) is 8.06. The van der Waals surface area contributed by atoms with E-state index in [9.17, 15) is 5.11 Å². The highest BCUT2D eigenvalue weighted by atomic mass is 16.3. The third-order valence-electron chi connectivity index (χ3n) is 3.98. The predicted molar refractivity (Wildman–Crippen MR) is 75.5 cm³/mol. The molecule has 1 N–H and O–H groups in total. The Morgan fingerprint density at radius 1 is 1.28 bits per heavy atom. The fraction of sp³-hybridized carbons (Fsp3) is 0.438. The van der Waals surface area contributed by atoms with Gasteiger partial charge in [0.15, 0.2) is 0 Å². The van der Waals surface area contributed by atoms with Crippen LogP contribution in [0.2, 0.25) is 0 Å². The average molecular weight is 243 g/mol. The van der Waals surface area contributed by atoms with Crippen molar-refractivity contribution in [1.29, 1.82) is 0 Å². The molecule has 18 heavy (non-hydrogen) atoms. The lowest BCUT2D eigenvalue weighted by molar-refractivity contribution is 0.000138. The molecule has 0 fully saturated rings. The summed E-state index contributed by atoms with van der Waals surface area (Å²) < 4.78 is 0. The molecule has 2 atom stereocenters. The zero-order valence-corrected chi connectivity index (χ0v) is 11.6. The molecule has 0 aliphatic rings. The van der Waals surface area contributed by atoms with Gasteiger partial charge in [-0.25, -0.2) is 0 Å². The lowest BCUT2D eigenvalue weighted by Gasteiger charge is -2.30. The second-order valence-corrected chi connectivity index (χ2v) is 5.32. The lowest BCUT2D eigenvalue weighted by atomic mass is 9.82. The first kappa shape index (κ1) is 13.0. The number of aliphatic hydroxyl groups is 1. The minimum atomic E-state index is -0.784. The van der Waals surface area contributed by atoms with Crippen LogP contribution < -0.4 is 0 Å². The van der Waals surface area contributed by atoms with Crippen molar-refractivity contribution in [3.05, 3.63) is 41.6 Å². The van der Waals surface area contributed by atoms with Crippen molar-refractivity contribution in [1.82, 2.24) is 4.98 Å². The van der Waals surface area contributed by atoms with E-state index in [4.69, 9.17) is 0 Å². The van der Waals surface area contributed by atoms with Crippen molar-refractivity contribution in [3.8, 4) is 0 Å². The molecular formula is C16H21NO. The molecule has 0 aliphatic carbocycles. The molecule has 1 aromatic heterocycles. The summed E-state index contributed by atoms with van der Waals surface area (Å²) >= 11 is 0. The van der Waals surface area contributed by atoms with E-state index in [1.165, 1.54) is 0 Å². The van der Waals surface area contributed by atoms with E-state index >= 15 is 0 Å². The molecule has 2 rings (SSSR count). The van der Waals surface area contributed by atoms with Gasteiger partial charge < -0.3 is 5.11 Å². The molecule has 0 saturated carbocycles. The summed E-state index contributed by atoms with van der Waals surface area (Å²) in [6, 6.07) is 10.1. The standard InChI is InChI=1S/C16H21NO/c1-5-11(2)16(4,18)14-8-9-15-13(10-14)7-6-12(3)17-15/h6-11,18H,5H2,1-4H3. The van der Waals surface area contributed by atoms with Gasteiger partial charge in [0, 0.05) is 11.1 Å². The molecule has 2 unspecified atom stereocenters. The maximum absolute atomic E-state index is 10.6. The average Bonchev–Trinajstić information content (AvgIpc) is 2.36. The van der Waals surface area contributed by atoms with Crippen LogP contribution in [0.25, 0.3) is 10.9 Å². The van der Waals surface area contributed by atoms with Gasteiger partial charge in [-0.15, -0.1) is 0 Å². The number of nitrogens with zero attached hydrogens (tertiary/aromatic N) is 1. The van der Waals surface area contributed by atoms with Gasteiger partial charge in [-0.1, -0.05) is 32.4 Å². The van der Waals surface area contributed by atoms with Crippen LogP contribution in [0.1, 0.15) is 38.4 Å². The normalized spacial score (nSPS) is 16.5. The highest BCUT2D eigenvalue weighted by molar-refractivity contribution is 5.79. The Hall–Kier alpha value is -1.41. The van der Waals surface area contributed by atoms with Crippen molar-refractivity contribution in [2.45, 2.75) is 39.7 Å². The molecule has 0 bridgehead atoms. The number of hydrogen-bond acceptors (Lipinski definition) is 2. The molecule has 1 heterocycles. The smallest absolute Gasteiger partial charge is 0.0894 e. The van der Waals surface area contributed by atoms with Crippen LogP contribution >= 0.6 is 0 Å². The number of rotatable bonds is 3. The topological polar surface area (TPSA) is 33.1 Å². The number of hydrogen-bond donors (Lipinski definition) is 1. The first-order valence-electron chi connectivity index (χ1n) is 6.55. The highest BCUT2D eigenvalue weighted by Crippen LogP contribution is 2.32. The fourth-order valence-corrected chi connectivity index (χ4v) is 2.22. The monoisotopic (exact) mass is 243 g/mol. The Labute approximate surface area is 109 Å². The van der Waals surface area contributed by atoms with E-state index in [0.29, 0.717) is 0 Å². The predicted octanol–water partition coefficient (Wildman–Crippen LogP) is 3.80. The van der Waals surface area contributed by atoms with Crippen molar-refractivity contribution in [2.75, 3.05) is 0 Å². The molecular weight excluding hydrogens is 222 g/mol. The van der Waals surface area contributed by atoms with Crippen molar-refractivity contribution < 1.29 is 5.11 Å². The highest BCUT2D eigenvalue weighted by Gasteiger charge is 2.29. The van der Waals surface area contributed by atoms with E-state index in [0.717, 1.165) is 28.6 Å². The molecule has 0 spiro atoms. The SMILES string of the molecule is CCC(C)C(C)(O)c1ccc2nc(C)ccc2c1. The van der Waals surface area contributed by atoms with Gasteiger partial charge in [0.2, 0.25) is 0 Å². The maximum Gasteiger partial charge on any atom is 0.0894 e. The number of fused-ring (bicyclic) bond motifs is 1. The van der Waals surface area contributed by atoms with Crippen LogP contribution in [0, 0.1) is 12.8 Å². The maximum atomic E-state index is 10.6. The Balaban J connectivity index is 2.50. The summed E-state index contributed by atoms with van der Waals surface area (Å²) in [7, 11) is 0. The summed E-state index contributed by atoms with van der Waals surface area (Å²) in [4.78, 5) is 4.48. The first-order valence-corrected chi connectivity index (χ1v) is 6.55. The van der Waals surface area contributed by atoms with Crippen molar-refractivity contribution >= 4 is 10.9 Å². The van der Waals surface area contributed by atoms with Crippen LogP contribution in [0.4, 0.5) is 0 Å². The Morgan fingerprint density at radius 3 is 2.67 bits per heavy atom. The number of benzene rings is 1. The minimum absolute atomic E-state index is 0.230. The zero-order chi connectivity index (χ0) is 13.3. The van der Waals surface area contributed by atoms with Gasteiger partial charge in [-0.3, -0.25) is 4.98 Å². The molecule has 1 aromatic carbocycles. The molecule has 2 nitrogen and oxygen atoms in total. The van der Waals surface area contributed by atoms with E-state index in [1.807, 2.05) is 38.1 Å². The molecule has 0 amide bonds. The first-order chi connectivity index (χ1) is 8.45. The van der Waals surface area contributed by atoms with Gasteiger partial charge in [0.1, 0.15) is 0 Å². The third kappa shape index (κ3) is 2.25. The summed E-state index contributed by atoms with van der Waals surface area (Å²) in [5.74, 6) is 0.230. The van der Waals surface area contributed by atoms with Gasteiger partial charge in [-0.05, 0) is 43.5 Å². The van der Waals surface area contributed by atoms with E-state index < -0.39 is 5.60 Å². The quantitative estimate of drug-likeness (QED) is 0.889. The number of aryl methyl sites for hydroxylation is 1. The Morgan fingerprint density at radius 2 is 2.00 bits per heavy atom. The minimum Gasteiger partial charge on any atom is -0.385 e. The van der Waals surface area contributed by atoms with E-state index in [-0.39, 0.29) is 5.92 Å². The summed E-state index contributed by atoms with van der Waals surface area (Å²) in [5.41, 5.74) is 2.19. The van der Waals surface area contributed by atoms with Crippen molar-refractivity contribution in [2.24, 2.45) is 5.92 Å². The number of aromatic nitrogens is 1. The van der Waals surface area contributed by atoms with Gasteiger partial charge in [-0.2, -0.15) is 0 Å². The molecule has 96 valence electrons. The lowest BCUT2D eigenvalue weighted by Crippen LogP contribution is -2.29. The van der Waals surface area contributed by atoms with Crippen molar-refractivity contribution in [3.63, 3.8) is 0 Å². The van der Waals surface area contributed by atoms with Gasteiger partial charge in [0.25, 0.3) is 0 Å². The second-order valence-electron chi connectivity index (χ2n) is 5.32. The Kier molecular flexibility index (Phi) is 3.40. The molecule has 0 saturated heterocycles. The van der Waals surface area contributed by atoms with Crippen LogP contribution in [-0.2, 0) is 5.60 Å². The fourth-order valence-electron chi connectivity index (χ4n) is 2.22. The van der Waals surface area contributed by atoms with E-state index in [1.54, 1.807) is 0 Å². The molecule has 2 aromatic rings. The number of pyridine rings is 1. The van der Waals surface area contributed by atoms with Crippen LogP contribution in [0.15, 0.2) is 30.3 Å². The van der Waals surface area contributed by atoms with E-state index in [2.05, 4.69) is 24.9 Å². The summed E-state index contributed by atoms with van der Waals surface area (Å²) in [6.07, 6.45) is 0.956. The molecule has 0 aliphatic heterocycles. The van der Waals surface area contributed by atoms with Crippen LogP contribution in [0.5, 0.6) is 0 Å². The molecule has 2 heteroatoms. The van der Waals surface area contributed by atoms with Crippen LogP contribution in [-0.4, -0.2) is 10.1 Å². The van der Waals surface area contributed by atoms with Gasteiger partial charge >= 0.3 is 0 Å². The Bertz CT molecular complexity index is 560. The van der Waals surface area contributed by atoms with Crippen LogP contribution in [0.3, 0.4) is 0 Å². The third-order valence-corrected chi connectivity index (χ3v) is 3.98. The van der Waals surface area contributed by atoms with Gasteiger partial charge in [0.05, 0.1) is 11.1 Å². The summed E-state index contributed by atoms with van der Waals surface area (Å²) in [5, 5.41) is 11.7. The largest absolute Gasteiger partial charge is 0.385 e. The molecule has 0 radical (unpaired) electrons. The zero-order valence-electron chi connectivity index (χ0n) is 11.6.